The van der Waals surface area contributed by atoms with Crippen molar-refractivity contribution in [2.75, 3.05) is 6.54 Å². The van der Waals surface area contributed by atoms with Crippen LogP contribution >= 0.6 is 28.3 Å². The predicted octanol–water partition coefficient (Wildman–Crippen LogP) is 3.25. The fraction of sp³-hybridized carbons (Fsp3) is 0.471. The maximum absolute atomic E-state index is 12.6. The lowest BCUT2D eigenvalue weighted by molar-refractivity contribution is 0.0892. The SMILES string of the molecule is Cc1c(C(=O)NC(C)(CN)CC(C)C)nnn1-c1cccc(Br)c1.Cl. The number of carbonyl (C=O) groups excluding carboxylic acids is 1. The van der Waals surface area contributed by atoms with Crippen molar-refractivity contribution in [3.05, 3.63) is 40.1 Å². The molecule has 8 heteroatoms. The smallest absolute Gasteiger partial charge is 0.274 e. The second-order valence-corrected chi connectivity index (χ2v) is 7.65. The van der Waals surface area contributed by atoms with Crippen molar-refractivity contribution in [3.63, 3.8) is 0 Å². The first-order valence-corrected chi connectivity index (χ1v) is 8.76. The zero-order valence-corrected chi connectivity index (χ0v) is 17.3. The third-order valence-corrected chi connectivity index (χ3v) is 4.38. The van der Waals surface area contributed by atoms with Crippen molar-refractivity contribution in [2.45, 2.75) is 39.7 Å². The molecule has 1 aromatic carbocycles. The molecule has 0 saturated heterocycles. The number of benzene rings is 1. The van der Waals surface area contributed by atoms with E-state index >= 15 is 0 Å². The molecule has 0 radical (unpaired) electrons. The van der Waals surface area contributed by atoms with Crippen molar-refractivity contribution < 1.29 is 4.79 Å². The highest BCUT2D eigenvalue weighted by atomic mass is 79.9. The van der Waals surface area contributed by atoms with Gasteiger partial charge in [0.2, 0.25) is 0 Å². The van der Waals surface area contributed by atoms with Crippen molar-refractivity contribution in [1.82, 2.24) is 20.3 Å². The van der Waals surface area contributed by atoms with Crippen molar-refractivity contribution in [1.29, 1.82) is 0 Å². The molecule has 0 aliphatic carbocycles. The number of hydrogen-bond donors (Lipinski definition) is 2. The molecule has 6 nitrogen and oxygen atoms in total. The van der Waals surface area contributed by atoms with Crippen LogP contribution in [-0.2, 0) is 0 Å². The summed E-state index contributed by atoms with van der Waals surface area (Å²) in [5, 5.41) is 11.2. The quantitative estimate of drug-likeness (QED) is 0.736. The molecule has 1 unspecified atom stereocenters. The standard InChI is InChI=1S/C17H24BrN5O.ClH/c1-11(2)9-17(4,10-19)20-16(24)15-12(3)23(22-21-15)14-7-5-6-13(18)8-14;/h5-8,11H,9-10,19H2,1-4H3,(H,20,24);1H. The van der Waals surface area contributed by atoms with Gasteiger partial charge in [0.15, 0.2) is 5.69 Å². The molecule has 1 heterocycles. The molecule has 0 spiro atoms. The van der Waals surface area contributed by atoms with Crippen LogP contribution in [0, 0.1) is 12.8 Å². The van der Waals surface area contributed by atoms with E-state index in [0.717, 1.165) is 16.6 Å². The van der Waals surface area contributed by atoms with Gasteiger partial charge in [-0.15, -0.1) is 17.5 Å². The van der Waals surface area contributed by atoms with Gasteiger partial charge in [0, 0.05) is 11.0 Å². The fourth-order valence-corrected chi connectivity index (χ4v) is 3.20. The van der Waals surface area contributed by atoms with Gasteiger partial charge in [0.1, 0.15) is 0 Å². The second kappa shape index (κ2) is 8.78. The summed E-state index contributed by atoms with van der Waals surface area (Å²) >= 11 is 3.44. The Labute approximate surface area is 163 Å². The summed E-state index contributed by atoms with van der Waals surface area (Å²) < 4.78 is 2.59. The van der Waals surface area contributed by atoms with Gasteiger partial charge >= 0.3 is 0 Å². The number of nitrogens with two attached hydrogens (primary N) is 1. The van der Waals surface area contributed by atoms with E-state index in [0.29, 0.717) is 23.9 Å². The summed E-state index contributed by atoms with van der Waals surface area (Å²) in [4.78, 5) is 12.6. The van der Waals surface area contributed by atoms with Crippen molar-refractivity contribution in [2.24, 2.45) is 11.7 Å². The van der Waals surface area contributed by atoms with E-state index in [4.69, 9.17) is 5.73 Å². The van der Waals surface area contributed by atoms with Crippen LogP contribution in [0.15, 0.2) is 28.7 Å². The average Bonchev–Trinajstić information content (AvgIpc) is 2.88. The van der Waals surface area contributed by atoms with E-state index in [-0.39, 0.29) is 18.3 Å². The first kappa shape index (κ1) is 21.6. The summed E-state index contributed by atoms with van der Waals surface area (Å²) in [6.45, 7) is 8.37. The molecule has 1 amide bonds. The highest BCUT2D eigenvalue weighted by Crippen LogP contribution is 2.19. The molecular weight excluding hydrogens is 406 g/mol. The molecule has 0 fully saturated rings. The number of rotatable bonds is 6. The van der Waals surface area contributed by atoms with Gasteiger partial charge in [-0.25, -0.2) is 4.68 Å². The summed E-state index contributed by atoms with van der Waals surface area (Å²) in [6, 6.07) is 7.68. The van der Waals surface area contributed by atoms with E-state index in [1.165, 1.54) is 0 Å². The summed E-state index contributed by atoms with van der Waals surface area (Å²) in [5.41, 5.74) is 7.26. The Morgan fingerprint density at radius 2 is 2.12 bits per heavy atom. The molecule has 138 valence electrons. The van der Waals surface area contributed by atoms with Crippen LogP contribution in [0.1, 0.15) is 43.4 Å². The maximum atomic E-state index is 12.6. The van der Waals surface area contributed by atoms with Crippen LogP contribution in [0.4, 0.5) is 0 Å². The van der Waals surface area contributed by atoms with E-state index in [1.54, 1.807) is 4.68 Å². The minimum Gasteiger partial charge on any atom is -0.344 e. The monoisotopic (exact) mass is 429 g/mol. The minimum absolute atomic E-state index is 0. The Morgan fingerprint density at radius 1 is 1.44 bits per heavy atom. The number of halogens is 2. The molecule has 0 aliphatic rings. The van der Waals surface area contributed by atoms with Gasteiger partial charge in [-0.05, 0) is 44.4 Å². The van der Waals surface area contributed by atoms with Crippen molar-refractivity contribution in [3.8, 4) is 5.69 Å². The van der Waals surface area contributed by atoms with E-state index in [1.807, 2.05) is 38.1 Å². The molecule has 1 aromatic heterocycles. The largest absolute Gasteiger partial charge is 0.344 e. The molecule has 3 N–H and O–H groups in total. The third-order valence-electron chi connectivity index (χ3n) is 3.89. The van der Waals surface area contributed by atoms with Crippen LogP contribution in [0.2, 0.25) is 0 Å². The first-order valence-electron chi connectivity index (χ1n) is 7.96. The number of hydrogen-bond acceptors (Lipinski definition) is 4. The topological polar surface area (TPSA) is 85.8 Å². The Bertz CT molecular complexity index is 734. The maximum Gasteiger partial charge on any atom is 0.274 e. The van der Waals surface area contributed by atoms with Crippen LogP contribution in [-0.4, -0.2) is 33.0 Å². The number of amides is 1. The number of nitrogens with zero attached hydrogens (tertiary/aromatic N) is 3. The highest BCUT2D eigenvalue weighted by Gasteiger charge is 2.28. The van der Waals surface area contributed by atoms with Gasteiger partial charge in [0.25, 0.3) is 5.91 Å². The molecule has 0 saturated carbocycles. The van der Waals surface area contributed by atoms with Gasteiger partial charge in [-0.2, -0.15) is 0 Å². The zero-order chi connectivity index (χ0) is 17.9. The summed E-state index contributed by atoms with van der Waals surface area (Å²) in [5.74, 6) is 0.180. The third kappa shape index (κ3) is 5.26. The Morgan fingerprint density at radius 3 is 2.68 bits per heavy atom. The summed E-state index contributed by atoms with van der Waals surface area (Å²) in [6.07, 6.45) is 0.800. The van der Waals surface area contributed by atoms with Crippen molar-refractivity contribution >= 4 is 34.2 Å². The Balaban J connectivity index is 0.00000312. The second-order valence-electron chi connectivity index (χ2n) is 6.73. The Hall–Kier alpha value is -1.44. The molecule has 2 rings (SSSR count). The number of aromatic nitrogens is 3. The Kier molecular flexibility index (Phi) is 7.59. The molecule has 0 aliphatic heterocycles. The normalized spacial score (nSPS) is 13.2. The molecule has 1 atom stereocenters. The minimum atomic E-state index is -0.461. The van der Waals surface area contributed by atoms with Gasteiger partial charge in [0.05, 0.1) is 16.9 Å². The van der Waals surface area contributed by atoms with E-state index in [9.17, 15) is 4.79 Å². The zero-order valence-electron chi connectivity index (χ0n) is 14.9. The molecule has 2 aromatic rings. The lowest BCUT2D eigenvalue weighted by Crippen LogP contribution is -2.52. The van der Waals surface area contributed by atoms with Gasteiger partial charge in [-0.3, -0.25) is 4.79 Å². The lowest BCUT2D eigenvalue weighted by atomic mass is 9.90. The van der Waals surface area contributed by atoms with Crippen LogP contribution in [0.3, 0.4) is 0 Å². The molecule has 25 heavy (non-hydrogen) atoms. The first-order chi connectivity index (χ1) is 11.3. The number of nitrogens with one attached hydrogen (secondary N) is 1. The van der Waals surface area contributed by atoms with E-state index in [2.05, 4.69) is 45.4 Å². The molecule has 0 bridgehead atoms. The van der Waals surface area contributed by atoms with Crippen LogP contribution in [0.25, 0.3) is 5.69 Å². The highest BCUT2D eigenvalue weighted by molar-refractivity contribution is 9.10. The van der Waals surface area contributed by atoms with E-state index < -0.39 is 5.54 Å². The average molecular weight is 431 g/mol. The van der Waals surface area contributed by atoms with Gasteiger partial charge < -0.3 is 11.1 Å². The predicted molar refractivity (Wildman–Crippen MR) is 105 cm³/mol. The lowest BCUT2D eigenvalue weighted by Gasteiger charge is -2.30. The molecular formula is C17H25BrClN5O. The number of carbonyl (C=O) groups is 1. The van der Waals surface area contributed by atoms with Crippen LogP contribution in [0.5, 0.6) is 0 Å². The summed E-state index contributed by atoms with van der Waals surface area (Å²) in [7, 11) is 0. The van der Waals surface area contributed by atoms with Gasteiger partial charge in [-0.1, -0.05) is 41.1 Å². The van der Waals surface area contributed by atoms with Crippen LogP contribution < -0.4 is 11.1 Å². The fourth-order valence-electron chi connectivity index (χ4n) is 2.81.